The third kappa shape index (κ3) is 7.09. The van der Waals surface area contributed by atoms with E-state index in [2.05, 4.69) is 5.32 Å². The van der Waals surface area contributed by atoms with Gasteiger partial charge in [0.05, 0.1) is 15.6 Å². The molecule has 0 fully saturated rings. The Labute approximate surface area is 250 Å². The van der Waals surface area contributed by atoms with E-state index in [1.54, 1.807) is 30.3 Å². The van der Waals surface area contributed by atoms with Crippen LogP contribution >= 0.6 is 23.2 Å². The number of benzene rings is 3. The molecule has 1 N–H and O–H groups in total. The van der Waals surface area contributed by atoms with Crippen molar-refractivity contribution < 1.29 is 22.8 Å². The van der Waals surface area contributed by atoms with Crippen molar-refractivity contribution in [2.45, 2.75) is 56.6 Å². The summed E-state index contributed by atoms with van der Waals surface area (Å²) in [5.74, 6) is -1.55. The summed E-state index contributed by atoms with van der Waals surface area (Å²) in [5, 5.41) is 3.61. The van der Waals surface area contributed by atoms with Crippen LogP contribution in [-0.4, -0.2) is 53.5 Å². The third-order valence-electron chi connectivity index (χ3n) is 6.55. The highest BCUT2D eigenvalue weighted by molar-refractivity contribution is 7.90. The number of hydrogen-bond acceptors (Lipinski definition) is 5. The van der Waals surface area contributed by atoms with Crippen LogP contribution in [0, 0.1) is 0 Å². The molecule has 0 spiro atoms. The van der Waals surface area contributed by atoms with Gasteiger partial charge in [0, 0.05) is 31.5 Å². The number of sulfonamides is 1. The van der Waals surface area contributed by atoms with Crippen molar-refractivity contribution in [3.8, 4) is 0 Å². The Morgan fingerprint density at radius 3 is 2.22 bits per heavy atom. The molecule has 4 rings (SSSR count). The molecule has 0 saturated heterocycles. The number of carbonyl (C=O) groups is 3. The van der Waals surface area contributed by atoms with Crippen LogP contribution in [0.15, 0.2) is 77.7 Å². The van der Waals surface area contributed by atoms with Crippen molar-refractivity contribution in [3.63, 3.8) is 0 Å². The van der Waals surface area contributed by atoms with Gasteiger partial charge in [0.1, 0.15) is 10.9 Å². The van der Waals surface area contributed by atoms with Crippen LogP contribution in [0.2, 0.25) is 10.0 Å². The summed E-state index contributed by atoms with van der Waals surface area (Å²) >= 11 is 12.4. The van der Waals surface area contributed by atoms with E-state index in [1.165, 1.54) is 17.0 Å². The quantitative estimate of drug-likeness (QED) is 0.361. The van der Waals surface area contributed by atoms with Crippen LogP contribution in [-0.2, 0) is 32.6 Å². The molecule has 0 bridgehead atoms. The molecule has 3 aromatic rings. The average Bonchev–Trinajstić information content (AvgIpc) is 3.11. The summed E-state index contributed by atoms with van der Waals surface area (Å²) in [6, 6.07) is 19.2. The van der Waals surface area contributed by atoms with Gasteiger partial charge in [-0.2, -0.15) is 0 Å². The van der Waals surface area contributed by atoms with E-state index < -0.39 is 33.4 Å². The predicted molar refractivity (Wildman–Crippen MR) is 158 cm³/mol. The van der Waals surface area contributed by atoms with E-state index in [4.69, 9.17) is 23.2 Å². The van der Waals surface area contributed by atoms with Gasteiger partial charge >= 0.3 is 0 Å². The van der Waals surface area contributed by atoms with Gasteiger partial charge in [-0.1, -0.05) is 71.7 Å². The SMILES string of the molecule is CC(C)(C)NC(=O)[C@H](Cc1ccccc1)N(Cc1ccc(Cl)c(Cl)c1)C(=O)CCN1C(=O)c2ccccc2S1(=O)=O. The second-order valence-electron chi connectivity index (χ2n) is 10.8. The first-order valence-electron chi connectivity index (χ1n) is 13.0. The van der Waals surface area contributed by atoms with Crippen LogP contribution in [0.3, 0.4) is 0 Å². The van der Waals surface area contributed by atoms with Crippen molar-refractivity contribution in [1.82, 2.24) is 14.5 Å². The fraction of sp³-hybridized carbons (Fsp3) is 0.300. The molecular formula is C30H31Cl2N3O5S. The van der Waals surface area contributed by atoms with Crippen LogP contribution in [0.4, 0.5) is 0 Å². The first-order valence-corrected chi connectivity index (χ1v) is 15.2. The minimum atomic E-state index is -4.09. The zero-order chi connectivity index (χ0) is 29.9. The zero-order valence-corrected chi connectivity index (χ0v) is 25.3. The van der Waals surface area contributed by atoms with Gasteiger partial charge in [0.15, 0.2) is 0 Å². The predicted octanol–water partition coefficient (Wildman–Crippen LogP) is 5.08. The molecule has 0 unspecified atom stereocenters. The lowest BCUT2D eigenvalue weighted by molar-refractivity contribution is -0.142. The number of rotatable bonds is 9. The highest BCUT2D eigenvalue weighted by Gasteiger charge is 2.41. The van der Waals surface area contributed by atoms with Gasteiger partial charge in [0.25, 0.3) is 15.9 Å². The molecule has 3 amide bonds. The van der Waals surface area contributed by atoms with Crippen LogP contribution in [0.25, 0.3) is 0 Å². The number of hydrogen-bond donors (Lipinski definition) is 1. The molecule has 1 heterocycles. The summed E-state index contributed by atoms with van der Waals surface area (Å²) in [7, 11) is -4.09. The number of halogens is 2. The van der Waals surface area contributed by atoms with E-state index in [0.29, 0.717) is 19.9 Å². The summed E-state index contributed by atoms with van der Waals surface area (Å²) in [5.41, 5.74) is 0.957. The zero-order valence-electron chi connectivity index (χ0n) is 22.9. The maximum atomic E-state index is 13.9. The normalized spacial score (nSPS) is 14.9. The standard InChI is InChI=1S/C30H31Cl2N3O5S/c1-30(2,3)33-28(37)25(18-20-9-5-4-6-10-20)34(19-21-13-14-23(31)24(32)17-21)27(36)15-16-35-29(38)22-11-7-8-12-26(22)41(35,39)40/h4-14,17,25H,15-16,18-19H2,1-3H3,(H,33,37)/t25-/m0/s1. The first kappa shape index (κ1) is 30.6. The maximum absolute atomic E-state index is 13.9. The van der Waals surface area contributed by atoms with Crippen molar-refractivity contribution in [3.05, 3.63) is 99.5 Å². The average molecular weight is 617 g/mol. The summed E-state index contributed by atoms with van der Waals surface area (Å²) < 4.78 is 26.8. The third-order valence-corrected chi connectivity index (χ3v) is 9.13. The number of nitrogens with one attached hydrogen (secondary N) is 1. The summed E-state index contributed by atoms with van der Waals surface area (Å²) in [6.45, 7) is 5.17. The second-order valence-corrected chi connectivity index (χ2v) is 13.5. The number of nitrogens with zero attached hydrogens (tertiary/aromatic N) is 2. The highest BCUT2D eigenvalue weighted by atomic mass is 35.5. The van der Waals surface area contributed by atoms with Crippen LogP contribution in [0.1, 0.15) is 48.7 Å². The fourth-order valence-electron chi connectivity index (χ4n) is 4.63. The molecule has 0 saturated carbocycles. The molecular weight excluding hydrogens is 585 g/mol. The lowest BCUT2D eigenvalue weighted by atomic mass is 10.0. The fourth-order valence-corrected chi connectivity index (χ4v) is 6.52. The highest BCUT2D eigenvalue weighted by Crippen LogP contribution is 2.30. The molecule has 216 valence electrons. The molecule has 3 aromatic carbocycles. The van der Waals surface area contributed by atoms with Gasteiger partial charge in [0.2, 0.25) is 11.8 Å². The molecule has 8 nitrogen and oxygen atoms in total. The maximum Gasteiger partial charge on any atom is 0.269 e. The van der Waals surface area contributed by atoms with E-state index in [0.717, 1.165) is 5.56 Å². The Balaban J connectivity index is 1.67. The van der Waals surface area contributed by atoms with Crippen molar-refractivity contribution in [2.75, 3.05) is 6.54 Å². The van der Waals surface area contributed by atoms with Crippen molar-refractivity contribution in [2.24, 2.45) is 0 Å². The van der Waals surface area contributed by atoms with Gasteiger partial charge in [-0.15, -0.1) is 0 Å². The smallest absolute Gasteiger partial charge is 0.269 e. The van der Waals surface area contributed by atoms with Gasteiger partial charge in [-0.05, 0) is 56.2 Å². The Morgan fingerprint density at radius 2 is 1.59 bits per heavy atom. The minimum Gasteiger partial charge on any atom is -0.350 e. The number of fused-ring (bicyclic) bond motifs is 1. The second kappa shape index (κ2) is 12.2. The molecule has 0 aromatic heterocycles. The monoisotopic (exact) mass is 615 g/mol. The molecule has 11 heteroatoms. The molecule has 41 heavy (non-hydrogen) atoms. The Hall–Kier alpha value is -3.40. The lowest BCUT2D eigenvalue weighted by Crippen LogP contribution is -2.54. The van der Waals surface area contributed by atoms with E-state index in [-0.39, 0.29) is 42.3 Å². The van der Waals surface area contributed by atoms with E-state index in [1.807, 2.05) is 51.1 Å². The largest absolute Gasteiger partial charge is 0.350 e. The number of amides is 3. The van der Waals surface area contributed by atoms with Crippen LogP contribution < -0.4 is 5.32 Å². The Bertz CT molecular complexity index is 1570. The van der Waals surface area contributed by atoms with Gasteiger partial charge < -0.3 is 10.2 Å². The number of carbonyl (C=O) groups excluding carboxylic acids is 3. The van der Waals surface area contributed by atoms with Crippen molar-refractivity contribution >= 4 is 50.9 Å². The summed E-state index contributed by atoms with van der Waals surface area (Å²) in [4.78, 5) is 41.8. The Morgan fingerprint density at radius 1 is 0.927 bits per heavy atom. The summed E-state index contributed by atoms with van der Waals surface area (Å²) in [6.07, 6.45) is -0.115. The van der Waals surface area contributed by atoms with Gasteiger partial charge in [-0.3, -0.25) is 14.4 Å². The van der Waals surface area contributed by atoms with Gasteiger partial charge in [-0.25, -0.2) is 12.7 Å². The molecule has 1 atom stereocenters. The topological polar surface area (TPSA) is 104 Å². The van der Waals surface area contributed by atoms with Crippen LogP contribution in [0.5, 0.6) is 0 Å². The molecule has 1 aliphatic heterocycles. The molecule has 0 radical (unpaired) electrons. The molecule has 1 aliphatic rings. The van der Waals surface area contributed by atoms with Crippen molar-refractivity contribution in [1.29, 1.82) is 0 Å². The van der Waals surface area contributed by atoms with E-state index >= 15 is 0 Å². The lowest BCUT2D eigenvalue weighted by Gasteiger charge is -2.34. The van der Waals surface area contributed by atoms with E-state index in [9.17, 15) is 22.8 Å². The first-order chi connectivity index (χ1) is 19.3. The molecule has 0 aliphatic carbocycles. The Kier molecular flexibility index (Phi) is 9.11. The minimum absolute atomic E-state index is 0.00566.